The number of amides is 3. The van der Waals surface area contributed by atoms with E-state index in [1.165, 1.54) is 0 Å². The number of anilines is 3. The summed E-state index contributed by atoms with van der Waals surface area (Å²) >= 11 is 18.6. The van der Waals surface area contributed by atoms with Crippen molar-refractivity contribution in [2.45, 2.75) is 58.4 Å². The van der Waals surface area contributed by atoms with E-state index >= 15 is 0 Å². The lowest BCUT2D eigenvalue weighted by Crippen LogP contribution is -2.41. The van der Waals surface area contributed by atoms with Crippen molar-refractivity contribution in [1.29, 1.82) is 0 Å². The average Bonchev–Trinajstić information content (AvgIpc) is 4.12. The van der Waals surface area contributed by atoms with Crippen LogP contribution in [0, 0.1) is 11.3 Å². The van der Waals surface area contributed by atoms with E-state index in [1.54, 1.807) is 13.8 Å². The van der Waals surface area contributed by atoms with Crippen molar-refractivity contribution in [3.63, 3.8) is 0 Å². The molecule has 0 bridgehead atoms. The molecule has 10 rings (SSSR count). The molecule has 0 saturated carbocycles. The van der Waals surface area contributed by atoms with Crippen molar-refractivity contribution in [2.24, 2.45) is 11.3 Å². The maximum Gasteiger partial charge on any atom is 0.220 e. The largest absolute Gasteiger partial charge is 0.371 e. The molecule has 3 amide bonds. The first kappa shape index (κ1) is 44.4. The van der Waals surface area contributed by atoms with Crippen LogP contribution in [0.25, 0.3) is 32.7 Å². The second-order valence-corrected chi connectivity index (χ2v) is 18.9. The van der Waals surface area contributed by atoms with Gasteiger partial charge in [0.25, 0.3) is 0 Å². The predicted octanol–water partition coefficient (Wildman–Crippen LogP) is 7.51. The first-order valence-corrected chi connectivity index (χ1v) is 22.7. The number of hydrogen-bond acceptors (Lipinski definition) is 9. The van der Waals surface area contributed by atoms with Crippen LogP contribution in [-0.4, -0.2) is 131 Å². The first-order chi connectivity index (χ1) is 30.3. The molecule has 4 aliphatic rings. The number of likely N-dealkylation sites (N-methyl/N-ethyl adjacent to an activating group) is 1. The van der Waals surface area contributed by atoms with E-state index in [4.69, 9.17) is 34.8 Å². The predicted molar refractivity (Wildman–Crippen MR) is 252 cm³/mol. The molecule has 1 atom stereocenters. The Kier molecular flexibility index (Phi) is 13.3. The standard InChI is InChI=1S/C16H21ClN4O.C15H17ClN4O.C14H17ClN4O/c1-11(22)20(2)10-12-3-5-21(6-4-12)16-8-13(17)7-15-14(16)9-18-19-15;16-10-5-12-11(8-18-19-12)13(6-10)20-3-1-15(2-4-20)7-14(21)17-9-15;1-9(20)18(2)11-3-4-19(8-11)14-6-10(15)5-13-12(14)7-16-17-13/h7-9,12H,3-6,10H2,1-2H3,(H,18,19);5-6,8H,1-4,7,9H2,(H,17,21)(H,18,19);5-7,11H,3-4,8H2,1-2H3,(H,16,17). The van der Waals surface area contributed by atoms with Gasteiger partial charge in [-0.2, -0.15) is 15.3 Å². The minimum absolute atomic E-state index is 0.108. The third kappa shape index (κ3) is 9.95. The van der Waals surface area contributed by atoms with Gasteiger partial charge in [-0.25, -0.2) is 0 Å². The molecule has 0 aliphatic carbocycles. The number of aromatic nitrogens is 6. The van der Waals surface area contributed by atoms with Gasteiger partial charge < -0.3 is 29.8 Å². The Labute approximate surface area is 381 Å². The second kappa shape index (κ2) is 18.8. The maximum absolute atomic E-state index is 11.5. The van der Waals surface area contributed by atoms with E-state index in [2.05, 4.69) is 50.6 Å². The number of fused-ring (bicyclic) bond motifs is 3. The van der Waals surface area contributed by atoms with Crippen LogP contribution in [0.5, 0.6) is 0 Å². The number of nitrogens with zero attached hydrogens (tertiary/aromatic N) is 8. The highest BCUT2D eigenvalue weighted by molar-refractivity contribution is 6.32. The highest BCUT2D eigenvalue weighted by Gasteiger charge is 2.41. The number of carbonyl (C=O) groups is 3. The van der Waals surface area contributed by atoms with Gasteiger partial charge in [0.15, 0.2) is 0 Å². The molecule has 334 valence electrons. The molecule has 3 aromatic heterocycles. The third-order valence-corrected chi connectivity index (χ3v) is 14.1. The van der Waals surface area contributed by atoms with Crippen LogP contribution in [0.15, 0.2) is 55.0 Å². The number of nitrogens with one attached hydrogen (secondary N) is 4. The minimum atomic E-state index is 0.108. The van der Waals surface area contributed by atoms with Crippen molar-refractivity contribution < 1.29 is 14.4 Å². The third-order valence-electron chi connectivity index (χ3n) is 13.4. The molecule has 1 spiro atoms. The van der Waals surface area contributed by atoms with Crippen molar-refractivity contribution >= 4 is 102 Å². The van der Waals surface area contributed by atoms with Gasteiger partial charge >= 0.3 is 0 Å². The molecule has 15 nitrogen and oxygen atoms in total. The van der Waals surface area contributed by atoms with E-state index in [0.717, 1.165) is 144 Å². The lowest BCUT2D eigenvalue weighted by molar-refractivity contribution is -0.129. The van der Waals surface area contributed by atoms with Gasteiger partial charge in [-0.3, -0.25) is 29.7 Å². The molecular weight excluding hydrogens is 863 g/mol. The Morgan fingerprint density at radius 2 is 1.14 bits per heavy atom. The van der Waals surface area contributed by atoms with Crippen molar-refractivity contribution in [1.82, 2.24) is 45.7 Å². The van der Waals surface area contributed by atoms with Crippen LogP contribution in [0.1, 0.15) is 52.4 Å². The number of benzene rings is 3. The van der Waals surface area contributed by atoms with E-state index < -0.39 is 0 Å². The van der Waals surface area contributed by atoms with Crippen molar-refractivity contribution in [2.75, 3.05) is 81.2 Å². The molecule has 4 N–H and O–H groups in total. The zero-order valence-corrected chi connectivity index (χ0v) is 38.5. The van der Waals surface area contributed by atoms with Crippen LogP contribution in [0.4, 0.5) is 17.1 Å². The zero-order valence-electron chi connectivity index (χ0n) is 36.2. The smallest absolute Gasteiger partial charge is 0.220 e. The first-order valence-electron chi connectivity index (χ1n) is 21.6. The molecule has 4 fully saturated rings. The summed E-state index contributed by atoms with van der Waals surface area (Å²) in [4.78, 5) is 44.9. The summed E-state index contributed by atoms with van der Waals surface area (Å²) in [6.45, 7) is 10.5. The van der Waals surface area contributed by atoms with Gasteiger partial charge in [-0.1, -0.05) is 34.8 Å². The number of rotatable bonds is 6. The van der Waals surface area contributed by atoms with E-state index in [9.17, 15) is 14.4 Å². The summed E-state index contributed by atoms with van der Waals surface area (Å²) in [5.74, 6) is 1.02. The number of H-pyrrole nitrogens is 3. The highest BCUT2D eigenvalue weighted by Crippen LogP contribution is 2.41. The molecule has 4 aliphatic heterocycles. The summed E-state index contributed by atoms with van der Waals surface area (Å²) < 4.78 is 0. The van der Waals surface area contributed by atoms with Crippen LogP contribution < -0.4 is 20.0 Å². The van der Waals surface area contributed by atoms with E-state index in [-0.39, 0.29) is 29.2 Å². The summed E-state index contributed by atoms with van der Waals surface area (Å²) in [5, 5.41) is 29.6. The molecule has 18 heteroatoms. The number of carbonyl (C=O) groups excluding carboxylic acids is 3. The Balaban J connectivity index is 0.000000130. The summed E-state index contributed by atoms with van der Waals surface area (Å²) in [7, 11) is 3.74. The summed E-state index contributed by atoms with van der Waals surface area (Å²) in [6, 6.07) is 11.9. The zero-order chi connectivity index (χ0) is 44.4. The monoisotopic (exact) mass is 916 g/mol. The Morgan fingerprint density at radius 3 is 1.59 bits per heavy atom. The van der Waals surface area contributed by atoms with Crippen LogP contribution >= 0.6 is 34.8 Å². The Hall–Kier alpha value is -5.25. The molecule has 6 aromatic rings. The fourth-order valence-corrected chi connectivity index (χ4v) is 10.2. The molecule has 0 radical (unpaired) electrons. The summed E-state index contributed by atoms with van der Waals surface area (Å²) in [5.41, 5.74) is 6.42. The van der Waals surface area contributed by atoms with Crippen LogP contribution in [0.3, 0.4) is 0 Å². The van der Waals surface area contributed by atoms with Gasteiger partial charge in [0.2, 0.25) is 17.7 Å². The SMILES string of the molecule is CC(=O)N(C)C1CCN(c2cc(Cl)cc3[nH]ncc23)C1.CC(=O)N(C)CC1CCN(c2cc(Cl)cc3[nH]ncc23)CC1.O=C1CC2(CCN(c3cc(Cl)cc4[nH]ncc34)CC2)CN1. The van der Waals surface area contributed by atoms with Gasteiger partial charge in [0.05, 0.1) is 41.2 Å². The van der Waals surface area contributed by atoms with Gasteiger partial charge in [0.1, 0.15) is 0 Å². The number of aromatic amines is 3. The quantitative estimate of drug-likeness (QED) is 0.132. The lowest BCUT2D eigenvalue weighted by atomic mass is 9.77. The molecule has 4 saturated heterocycles. The van der Waals surface area contributed by atoms with E-state index in [1.807, 2.05) is 78.9 Å². The van der Waals surface area contributed by atoms with Gasteiger partial charge in [0, 0.05) is 135 Å². The van der Waals surface area contributed by atoms with Crippen LogP contribution in [0.2, 0.25) is 15.1 Å². The number of piperidine rings is 2. The molecule has 7 heterocycles. The van der Waals surface area contributed by atoms with Gasteiger partial charge in [-0.05, 0) is 79.8 Å². The Morgan fingerprint density at radius 1 is 0.683 bits per heavy atom. The molecular formula is C45H55Cl3N12O3. The number of halogens is 3. The molecule has 1 unspecified atom stereocenters. The summed E-state index contributed by atoms with van der Waals surface area (Å²) in [6.07, 6.45) is 11.4. The Bertz CT molecular complexity index is 2590. The van der Waals surface area contributed by atoms with Crippen molar-refractivity contribution in [3.8, 4) is 0 Å². The van der Waals surface area contributed by atoms with Crippen LogP contribution in [-0.2, 0) is 14.4 Å². The maximum atomic E-state index is 11.5. The second-order valence-electron chi connectivity index (χ2n) is 17.6. The molecule has 3 aromatic carbocycles. The fourth-order valence-electron chi connectivity index (χ4n) is 9.51. The normalized spacial score (nSPS) is 18.7. The minimum Gasteiger partial charge on any atom is -0.371 e. The van der Waals surface area contributed by atoms with Crippen molar-refractivity contribution in [3.05, 3.63) is 70.1 Å². The molecule has 63 heavy (non-hydrogen) atoms. The fraction of sp³-hybridized carbons (Fsp3) is 0.467. The highest BCUT2D eigenvalue weighted by atomic mass is 35.5. The average molecular weight is 918 g/mol. The number of hydrogen-bond donors (Lipinski definition) is 4. The topological polar surface area (TPSA) is 165 Å². The lowest BCUT2D eigenvalue weighted by Gasteiger charge is -2.39. The van der Waals surface area contributed by atoms with Gasteiger partial charge in [-0.15, -0.1) is 0 Å². The van der Waals surface area contributed by atoms with E-state index in [0.29, 0.717) is 17.4 Å².